The first kappa shape index (κ1) is 22.4. The van der Waals surface area contributed by atoms with E-state index in [1.807, 2.05) is 13.8 Å². The van der Waals surface area contributed by atoms with Gasteiger partial charge in [0.25, 0.3) is 0 Å². The number of hydrogen-bond donors (Lipinski definition) is 2. The van der Waals surface area contributed by atoms with Crippen molar-refractivity contribution in [3.63, 3.8) is 0 Å². The van der Waals surface area contributed by atoms with Crippen LogP contribution in [-0.2, 0) is 28.6 Å². The van der Waals surface area contributed by atoms with Gasteiger partial charge in [0.05, 0.1) is 17.9 Å². The molecule has 0 aliphatic carbocycles. The van der Waals surface area contributed by atoms with Crippen LogP contribution in [0.25, 0.3) is 0 Å². The van der Waals surface area contributed by atoms with Crippen LogP contribution in [0.2, 0.25) is 0 Å². The summed E-state index contributed by atoms with van der Waals surface area (Å²) in [6, 6.07) is 0. The van der Waals surface area contributed by atoms with E-state index in [1.165, 1.54) is 0 Å². The number of carbonyl (C=O) groups is 3. The van der Waals surface area contributed by atoms with Crippen molar-refractivity contribution in [2.45, 2.75) is 84.4 Å². The Balaban J connectivity index is 3.19. The molecule has 0 aromatic carbocycles. The summed E-state index contributed by atoms with van der Waals surface area (Å²) in [5, 5.41) is 19.8. The van der Waals surface area contributed by atoms with Crippen LogP contribution in [0.15, 0.2) is 0 Å². The van der Waals surface area contributed by atoms with Crippen molar-refractivity contribution in [3.8, 4) is 0 Å². The summed E-state index contributed by atoms with van der Waals surface area (Å²) in [5.74, 6) is -4.19. The Morgan fingerprint density at radius 2 is 1.50 bits per heavy atom. The minimum Gasteiger partial charge on any atom is -0.481 e. The molecule has 0 radical (unpaired) electrons. The predicted octanol–water partition coefficient (Wildman–Crippen LogP) is 1.87. The summed E-state index contributed by atoms with van der Waals surface area (Å²) in [6.45, 7) is 6.88. The highest BCUT2D eigenvalue weighted by atomic mass is 16.7. The molecule has 0 saturated carbocycles. The van der Waals surface area contributed by atoms with Crippen LogP contribution in [0.4, 0.5) is 0 Å². The number of aliphatic carboxylic acids is 1. The zero-order chi connectivity index (χ0) is 19.9. The number of carbonyl (C=O) groups excluding carboxylic acids is 2. The van der Waals surface area contributed by atoms with E-state index in [0.717, 1.165) is 0 Å². The summed E-state index contributed by atoms with van der Waals surface area (Å²) in [6.07, 6.45) is -2.57. The second-order valence-electron chi connectivity index (χ2n) is 6.57. The van der Waals surface area contributed by atoms with Crippen molar-refractivity contribution < 1.29 is 38.8 Å². The lowest BCUT2D eigenvalue weighted by Gasteiger charge is -2.44. The number of carboxylic acids is 1. The van der Waals surface area contributed by atoms with Crippen molar-refractivity contribution in [2.24, 2.45) is 11.8 Å². The molecule has 8 heteroatoms. The molecule has 2 N–H and O–H groups in total. The van der Waals surface area contributed by atoms with Crippen molar-refractivity contribution in [2.75, 3.05) is 0 Å². The molecular formula is C18H30O8. The summed E-state index contributed by atoms with van der Waals surface area (Å²) in [4.78, 5) is 35.7. The monoisotopic (exact) mass is 374 g/mol. The van der Waals surface area contributed by atoms with Crippen LogP contribution >= 0.6 is 0 Å². The van der Waals surface area contributed by atoms with E-state index in [0.29, 0.717) is 12.8 Å². The highest BCUT2D eigenvalue weighted by Crippen LogP contribution is 2.36. The van der Waals surface area contributed by atoms with E-state index >= 15 is 0 Å². The highest BCUT2D eigenvalue weighted by Gasteiger charge is 2.52. The lowest BCUT2D eigenvalue weighted by atomic mass is 9.79. The number of hydrogen-bond acceptors (Lipinski definition) is 7. The number of rotatable bonds is 9. The number of aliphatic hydroxyl groups is 1. The average Bonchev–Trinajstić information content (AvgIpc) is 2.54. The third-order valence-electron chi connectivity index (χ3n) is 4.51. The van der Waals surface area contributed by atoms with Crippen LogP contribution in [0.3, 0.4) is 0 Å². The number of carboxylic acid groups (broad SMARTS) is 1. The van der Waals surface area contributed by atoms with Crippen molar-refractivity contribution in [1.82, 2.24) is 0 Å². The van der Waals surface area contributed by atoms with E-state index in [-0.39, 0.29) is 19.3 Å². The van der Waals surface area contributed by atoms with Crippen molar-refractivity contribution >= 4 is 17.9 Å². The maximum atomic E-state index is 12.1. The first-order valence-corrected chi connectivity index (χ1v) is 9.21. The third kappa shape index (κ3) is 5.67. The third-order valence-corrected chi connectivity index (χ3v) is 4.51. The first-order chi connectivity index (χ1) is 12.3. The molecule has 150 valence electrons. The van der Waals surface area contributed by atoms with Gasteiger partial charge in [-0.2, -0.15) is 0 Å². The van der Waals surface area contributed by atoms with Gasteiger partial charge in [0.15, 0.2) is 12.4 Å². The van der Waals surface area contributed by atoms with Gasteiger partial charge in [0.2, 0.25) is 0 Å². The molecule has 6 atom stereocenters. The Labute approximate surface area is 153 Å². The molecule has 26 heavy (non-hydrogen) atoms. The largest absolute Gasteiger partial charge is 0.481 e. The Hall–Kier alpha value is -1.67. The van der Waals surface area contributed by atoms with Gasteiger partial charge in [0, 0.05) is 12.8 Å². The maximum Gasteiger partial charge on any atom is 0.307 e. The molecule has 1 rings (SSSR count). The van der Waals surface area contributed by atoms with Crippen LogP contribution in [0.1, 0.15) is 59.8 Å². The van der Waals surface area contributed by atoms with Gasteiger partial charge in [-0.3, -0.25) is 14.4 Å². The zero-order valence-corrected chi connectivity index (χ0v) is 15.8. The molecule has 1 saturated heterocycles. The smallest absolute Gasteiger partial charge is 0.307 e. The van der Waals surface area contributed by atoms with Crippen LogP contribution in [0.5, 0.6) is 0 Å². The van der Waals surface area contributed by atoms with Gasteiger partial charge in [-0.15, -0.1) is 0 Å². The number of esters is 2. The lowest BCUT2D eigenvalue weighted by Crippen LogP contribution is -2.59. The first-order valence-electron chi connectivity index (χ1n) is 9.21. The molecule has 0 amide bonds. The van der Waals surface area contributed by atoms with Crippen LogP contribution < -0.4 is 0 Å². The van der Waals surface area contributed by atoms with Gasteiger partial charge in [-0.1, -0.05) is 20.8 Å². The topological polar surface area (TPSA) is 119 Å². The second kappa shape index (κ2) is 10.5. The zero-order valence-electron chi connectivity index (χ0n) is 15.8. The van der Waals surface area contributed by atoms with E-state index in [2.05, 4.69) is 0 Å². The molecule has 1 aliphatic rings. The molecule has 1 fully saturated rings. The predicted molar refractivity (Wildman–Crippen MR) is 91.0 cm³/mol. The normalized spacial score (nSPS) is 29.7. The van der Waals surface area contributed by atoms with E-state index < -0.39 is 54.3 Å². The minimum absolute atomic E-state index is 0.147. The number of ether oxygens (including phenoxy) is 3. The fraction of sp³-hybridized carbons (Fsp3) is 0.833. The quantitative estimate of drug-likeness (QED) is 0.587. The molecule has 0 bridgehead atoms. The molecule has 0 spiro atoms. The molecule has 8 nitrogen and oxygen atoms in total. The molecular weight excluding hydrogens is 344 g/mol. The van der Waals surface area contributed by atoms with Crippen LogP contribution in [0, 0.1) is 11.8 Å². The molecule has 2 unspecified atom stereocenters. The Bertz CT molecular complexity index is 492. The fourth-order valence-corrected chi connectivity index (χ4v) is 3.21. The summed E-state index contributed by atoms with van der Waals surface area (Å²) < 4.78 is 16.4. The molecule has 0 aromatic rings. The average molecular weight is 374 g/mol. The SMILES string of the molecule is CCCC(=O)O[C@@H]1[C@H](C(CC)C(=O)O)C(O)O[C@@H](C)[C@H]1OC(=O)CCC. The van der Waals surface area contributed by atoms with Crippen LogP contribution in [-0.4, -0.2) is 52.7 Å². The minimum atomic E-state index is -1.44. The summed E-state index contributed by atoms with van der Waals surface area (Å²) in [7, 11) is 0. The van der Waals surface area contributed by atoms with Gasteiger partial charge in [0.1, 0.15) is 6.10 Å². The van der Waals surface area contributed by atoms with Gasteiger partial charge in [-0.05, 0) is 26.2 Å². The molecule has 1 heterocycles. The van der Waals surface area contributed by atoms with E-state index in [4.69, 9.17) is 14.2 Å². The van der Waals surface area contributed by atoms with E-state index in [9.17, 15) is 24.6 Å². The van der Waals surface area contributed by atoms with Crippen molar-refractivity contribution in [3.05, 3.63) is 0 Å². The Morgan fingerprint density at radius 1 is 1.00 bits per heavy atom. The maximum absolute atomic E-state index is 12.1. The standard InChI is InChI=1S/C18H30O8/c1-5-8-12(19)25-15-10(4)24-18(23)14(11(7-3)17(21)22)16(15)26-13(20)9-6-2/h10-11,14-16,18,23H,5-9H2,1-4H3,(H,21,22)/t10-,11?,14-,15+,16+,18?/m0/s1. The summed E-state index contributed by atoms with van der Waals surface area (Å²) >= 11 is 0. The second-order valence-corrected chi connectivity index (χ2v) is 6.57. The highest BCUT2D eigenvalue weighted by molar-refractivity contribution is 5.72. The lowest BCUT2D eigenvalue weighted by molar-refractivity contribution is -0.278. The Kier molecular flexibility index (Phi) is 9.01. The summed E-state index contributed by atoms with van der Waals surface area (Å²) in [5.41, 5.74) is 0. The van der Waals surface area contributed by atoms with Gasteiger partial charge < -0.3 is 24.4 Å². The fourth-order valence-electron chi connectivity index (χ4n) is 3.21. The van der Waals surface area contributed by atoms with Gasteiger partial charge in [-0.25, -0.2) is 0 Å². The number of aliphatic hydroxyl groups excluding tert-OH is 1. The van der Waals surface area contributed by atoms with Gasteiger partial charge >= 0.3 is 17.9 Å². The molecule has 0 aromatic heterocycles. The Morgan fingerprint density at radius 3 is 1.92 bits per heavy atom. The van der Waals surface area contributed by atoms with E-state index in [1.54, 1.807) is 13.8 Å². The van der Waals surface area contributed by atoms with Crippen molar-refractivity contribution in [1.29, 1.82) is 0 Å². The molecule has 1 aliphatic heterocycles.